The van der Waals surface area contributed by atoms with Crippen molar-refractivity contribution in [2.75, 3.05) is 56.0 Å². The maximum absolute atomic E-state index is 12.6. The third kappa shape index (κ3) is 10.2. The van der Waals surface area contributed by atoms with E-state index in [2.05, 4.69) is 43.7 Å². The smallest absolute Gasteiger partial charge is 0.224 e. The van der Waals surface area contributed by atoms with Gasteiger partial charge in [0.15, 0.2) is 0 Å². The molecule has 0 spiro atoms. The summed E-state index contributed by atoms with van der Waals surface area (Å²) in [5, 5.41) is 10.3. The third-order valence-corrected chi connectivity index (χ3v) is 7.88. The fraction of sp³-hybridized carbons (Fsp3) is 0.808. The molecule has 0 aromatic carbocycles. The van der Waals surface area contributed by atoms with E-state index in [0.29, 0.717) is 12.1 Å². The highest BCUT2D eigenvalue weighted by atomic mass is 35.5. The summed E-state index contributed by atoms with van der Waals surface area (Å²) in [5.74, 6) is 2.19. The van der Waals surface area contributed by atoms with Crippen LogP contribution in [0.4, 0.5) is 11.8 Å². The van der Waals surface area contributed by atoms with Crippen molar-refractivity contribution in [2.24, 2.45) is 5.92 Å². The minimum absolute atomic E-state index is 0. The van der Waals surface area contributed by atoms with Crippen LogP contribution in [-0.2, 0) is 4.79 Å². The number of hydrogen-bond acceptors (Lipinski definition) is 7. The number of likely N-dealkylation sites (N-methyl/N-ethyl adjacent to an activating group) is 1. The zero-order valence-electron chi connectivity index (χ0n) is 22.3. The molecular weight excluding hydrogens is 533 g/mol. The predicted octanol–water partition coefficient (Wildman–Crippen LogP) is 4.28. The molecule has 1 aromatic heterocycles. The van der Waals surface area contributed by atoms with E-state index in [1.54, 1.807) is 0 Å². The van der Waals surface area contributed by atoms with Gasteiger partial charge < -0.3 is 20.9 Å². The summed E-state index contributed by atoms with van der Waals surface area (Å²) < 4.78 is 0. The van der Waals surface area contributed by atoms with E-state index in [9.17, 15) is 4.79 Å². The Labute approximate surface area is 242 Å². The maximum atomic E-state index is 12.6. The minimum atomic E-state index is 0. The first-order chi connectivity index (χ1) is 16.7. The van der Waals surface area contributed by atoms with Gasteiger partial charge in [0.05, 0.1) is 0 Å². The number of nitrogens with one attached hydrogen (secondary N) is 3. The van der Waals surface area contributed by atoms with E-state index < -0.39 is 0 Å². The van der Waals surface area contributed by atoms with Crippen LogP contribution < -0.4 is 20.9 Å². The van der Waals surface area contributed by atoms with Gasteiger partial charge in [0, 0.05) is 43.8 Å². The standard InChI is InChI=1S/C26H45N7O.3ClH/c1-2-32-20-8-9-22(23(32)12-16-28-25(34)21-10-14-27-15-11-21)30-26-29-17-13-24(31-26)33-18-6-4-3-5-7-19-33;;;/h13,17,21-23,27H,2-12,14-16,18-20H2,1H3,(H,28,34)(H,29,30,31);3*1H/t22-,23+;;;/m0.../s1. The summed E-state index contributed by atoms with van der Waals surface area (Å²) in [7, 11) is 0. The van der Waals surface area contributed by atoms with E-state index in [1.807, 2.05) is 6.20 Å². The number of carbonyl (C=O) groups is 1. The van der Waals surface area contributed by atoms with Crippen molar-refractivity contribution >= 4 is 54.9 Å². The normalized spacial score (nSPS) is 23.3. The van der Waals surface area contributed by atoms with Gasteiger partial charge in [-0.05, 0) is 77.2 Å². The summed E-state index contributed by atoms with van der Waals surface area (Å²) in [5.41, 5.74) is 0. The second-order valence-electron chi connectivity index (χ2n) is 10.2. The van der Waals surface area contributed by atoms with Crippen molar-refractivity contribution < 1.29 is 4.79 Å². The Morgan fingerprint density at radius 3 is 2.41 bits per heavy atom. The van der Waals surface area contributed by atoms with Gasteiger partial charge in [0.2, 0.25) is 11.9 Å². The average molecular weight is 581 g/mol. The Kier molecular flexibility index (Phi) is 16.8. The first kappa shape index (κ1) is 34.0. The molecule has 3 fully saturated rings. The van der Waals surface area contributed by atoms with Crippen LogP contribution in [0.5, 0.6) is 0 Å². The number of nitrogens with zero attached hydrogens (tertiary/aromatic N) is 4. The molecular formula is C26H48Cl3N7O. The van der Waals surface area contributed by atoms with E-state index in [-0.39, 0.29) is 49.0 Å². The number of aromatic nitrogens is 2. The molecule has 214 valence electrons. The number of piperidine rings is 2. The molecule has 0 unspecified atom stereocenters. The van der Waals surface area contributed by atoms with E-state index >= 15 is 0 Å². The minimum Gasteiger partial charge on any atom is -0.356 e. The molecule has 37 heavy (non-hydrogen) atoms. The van der Waals surface area contributed by atoms with E-state index in [1.165, 1.54) is 38.5 Å². The lowest BCUT2D eigenvalue weighted by Gasteiger charge is -2.41. The Hall–Kier alpha value is -1.06. The zero-order chi connectivity index (χ0) is 23.6. The SMILES string of the molecule is CCN1CCC[C@H](Nc2nccc(N3CCCCCCC3)n2)[C@H]1CCNC(=O)C1CCNCC1.Cl.Cl.Cl. The number of anilines is 2. The zero-order valence-corrected chi connectivity index (χ0v) is 24.8. The second-order valence-corrected chi connectivity index (χ2v) is 10.2. The van der Waals surface area contributed by atoms with Crippen LogP contribution in [0.2, 0.25) is 0 Å². The number of halogens is 3. The van der Waals surface area contributed by atoms with Crippen LogP contribution in [0.1, 0.15) is 71.1 Å². The molecule has 0 aliphatic carbocycles. The molecule has 8 nitrogen and oxygen atoms in total. The summed E-state index contributed by atoms with van der Waals surface area (Å²) in [4.78, 5) is 27.1. The molecule has 3 aliphatic heterocycles. The summed E-state index contributed by atoms with van der Waals surface area (Å²) in [6, 6.07) is 2.73. The van der Waals surface area contributed by atoms with Crippen molar-refractivity contribution in [1.29, 1.82) is 0 Å². The van der Waals surface area contributed by atoms with Crippen LogP contribution >= 0.6 is 37.2 Å². The number of rotatable bonds is 8. The molecule has 0 bridgehead atoms. The van der Waals surface area contributed by atoms with Crippen LogP contribution in [0.15, 0.2) is 12.3 Å². The Morgan fingerprint density at radius 2 is 1.70 bits per heavy atom. The highest BCUT2D eigenvalue weighted by molar-refractivity contribution is 5.86. The van der Waals surface area contributed by atoms with Crippen LogP contribution in [0, 0.1) is 5.92 Å². The molecule has 3 aliphatic rings. The number of likely N-dealkylation sites (tertiary alicyclic amines) is 1. The lowest BCUT2D eigenvalue weighted by molar-refractivity contribution is -0.125. The molecule has 11 heteroatoms. The molecule has 3 N–H and O–H groups in total. The second kappa shape index (κ2) is 18.3. The molecule has 0 saturated carbocycles. The number of hydrogen-bond donors (Lipinski definition) is 3. The third-order valence-electron chi connectivity index (χ3n) is 7.88. The molecule has 1 amide bonds. The predicted molar refractivity (Wildman–Crippen MR) is 160 cm³/mol. The number of amides is 1. The fourth-order valence-corrected chi connectivity index (χ4v) is 5.88. The lowest BCUT2D eigenvalue weighted by atomic mass is 9.93. The highest BCUT2D eigenvalue weighted by Crippen LogP contribution is 2.24. The summed E-state index contributed by atoms with van der Waals surface area (Å²) >= 11 is 0. The van der Waals surface area contributed by atoms with Gasteiger partial charge in [-0.2, -0.15) is 4.98 Å². The van der Waals surface area contributed by atoms with Gasteiger partial charge in [0.25, 0.3) is 0 Å². The van der Waals surface area contributed by atoms with Crippen LogP contribution in [0.25, 0.3) is 0 Å². The Balaban J connectivity index is 0.00000228. The quantitative estimate of drug-likeness (QED) is 0.423. The van der Waals surface area contributed by atoms with Gasteiger partial charge in [-0.1, -0.05) is 26.2 Å². The van der Waals surface area contributed by atoms with Crippen molar-refractivity contribution in [3.05, 3.63) is 12.3 Å². The molecule has 4 rings (SSSR count). The van der Waals surface area contributed by atoms with Gasteiger partial charge in [-0.25, -0.2) is 4.98 Å². The molecule has 2 atom stereocenters. The first-order valence-corrected chi connectivity index (χ1v) is 13.8. The van der Waals surface area contributed by atoms with Crippen LogP contribution in [-0.4, -0.2) is 78.7 Å². The molecule has 1 aromatic rings. The van der Waals surface area contributed by atoms with E-state index in [0.717, 1.165) is 83.3 Å². The lowest BCUT2D eigenvalue weighted by Crippen LogP contribution is -2.52. The number of carbonyl (C=O) groups excluding carboxylic acids is 1. The van der Waals surface area contributed by atoms with Crippen LogP contribution in [0.3, 0.4) is 0 Å². The first-order valence-electron chi connectivity index (χ1n) is 13.8. The van der Waals surface area contributed by atoms with Crippen molar-refractivity contribution in [2.45, 2.75) is 83.2 Å². The summed E-state index contributed by atoms with van der Waals surface area (Å²) in [6.07, 6.45) is 13.5. The fourth-order valence-electron chi connectivity index (χ4n) is 5.88. The Morgan fingerprint density at radius 1 is 1.00 bits per heavy atom. The average Bonchev–Trinajstić information content (AvgIpc) is 2.85. The van der Waals surface area contributed by atoms with Crippen molar-refractivity contribution in [3.8, 4) is 0 Å². The van der Waals surface area contributed by atoms with Gasteiger partial charge in [-0.15, -0.1) is 37.2 Å². The van der Waals surface area contributed by atoms with Crippen molar-refractivity contribution in [3.63, 3.8) is 0 Å². The van der Waals surface area contributed by atoms with Gasteiger partial charge in [0.1, 0.15) is 5.82 Å². The molecule has 3 saturated heterocycles. The van der Waals surface area contributed by atoms with Crippen molar-refractivity contribution in [1.82, 2.24) is 25.5 Å². The monoisotopic (exact) mass is 579 g/mol. The Bertz CT molecular complexity index is 761. The molecule has 0 radical (unpaired) electrons. The maximum Gasteiger partial charge on any atom is 0.224 e. The molecule has 4 heterocycles. The van der Waals surface area contributed by atoms with Gasteiger partial charge >= 0.3 is 0 Å². The largest absolute Gasteiger partial charge is 0.356 e. The topological polar surface area (TPSA) is 85.4 Å². The van der Waals surface area contributed by atoms with E-state index in [4.69, 9.17) is 4.98 Å². The van der Waals surface area contributed by atoms with Gasteiger partial charge in [-0.3, -0.25) is 9.69 Å². The summed E-state index contributed by atoms with van der Waals surface area (Å²) in [6.45, 7) is 9.19. The highest BCUT2D eigenvalue weighted by Gasteiger charge is 2.31.